The number of unbranched alkanes of at least 4 members (excludes halogenated alkanes) is 35. The Kier molecular flexibility index (Phi) is 67.2. The molecule has 0 spiro atoms. The van der Waals surface area contributed by atoms with E-state index < -0.39 is 6.10 Å². The second-order valence-electron chi connectivity index (χ2n) is 23.4. The lowest BCUT2D eigenvalue weighted by atomic mass is 10.0. The fourth-order valence-electron chi connectivity index (χ4n) is 10.0. The van der Waals surface area contributed by atoms with Crippen molar-refractivity contribution in [2.45, 2.75) is 348 Å². The van der Waals surface area contributed by atoms with Crippen LogP contribution in [0, 0.1) is 0 Å². The first-order valence-corrected chi connectivity index (χ1v) is 35.4. The maximum Gasteiger partial charge on any atom is 0.306 e. The Bertz CT molecular complexity index is 1660. The van der Waals surface area contributed by atoms with Gasteiger partial charge in [0, 0.05) is 19.3 Å². The van der Waals surface area contributed by atoms with Gasteiger partial charge < -0.3 is 14.2 Å². The average molecular weight is 1150 g/mol. The van der Waals surface area contributed by atoms with Crippen molar-refractivity contribution >= 4 is 17.9 Å². The van der Waals surface area contributed by atoms with Crippen LogP contribution in [0.3, 0.4) is 0 Å². The summed E-state index contributed by atoms with van der Waals surface area (Å²) in [5, 5.41) is 0. The third kappa shape index (κ3) is 68.7. The Hall–Kier alpha value is -3.93. The number of rotatable bonds is 64. The van der Waals surface area contributed by atoms with Gasteiger partial charge in [-0.1, -0.05) is 310 Å². The van der Waals surface area contributed by atoms with E-state index in [-0.39, 0.29) is 31.1 Å². The highest BCUT2D eigenvalue weighted by molar-refractivity contribution is 5.71. The van der Waals surface area contributed by atoms with Gasteiger partial charge in [0.25, 0.3) is 0 Å². The molecule has 1 unspecified atom stereocenters. The molecule has 83 heavy (non-hydrogen) atoms. The number of esters is 3. The zero-order valence-corrected chi connectivity index (χ0v) is 54.7. The van der Waals surface area contributed by atoms with E-state index in [0.717, 1.165) is 116 Å². The molecule has 0 saturated heterocycles. The molecule has 0 saturated carbocycles. The lowest BCUT2D eigenvalue weighted by Gasteiger charge is -2.18. The molecular weight excluding hydrogens is 1020 g/mol. The summed E-state index contributed by atoms with van der Waals surface area (Å²) >= 11 is 0. The van der Waals surface area contributed by atoms with Crippen molar-refractivity contribution in [2.24, 2.45) is 0 Å². The lowest BCUT2D eigenvalue weighted by Crippen LogP contribution is -2.30. The van der Waals surface area contributed by atoms with Crippen molar-refractivity contribution in [3.05, 3.63) is 109 Å². The van der Waals surface area contributed by atoms with Crippen LogP contribution < -0.4 is 0 Å². The first kappa shape index (κ1) is 79.1. The molecule has 6 heteroatoms. The van der Waals surface area contributed by atoms with Crippen molar-refractivity contribution < 1.29 is 28.6 Å². The van der Waals surface area contributed by atoms with Crippen molar-refractivity contribution in [3.63, 3.8) is 0 Å². The molecular formula is C77H132O6. The fourth-order valence-corrected chi connectivity index (χ4v) is 10.0. The highest BCUT2D eigenvalue weighted by Gasteiger charge is 2.19. The Morgan fingerprint density at radius 1 is 0.253 bits per heavy atom. The molecule has 0 amide bonds. The highest BCUT2D eigenvalue weighted by atomic mass is 16.6. The second-order valence-corrected chi connectivity index (χ2v) is 23.4. The third-order valence-electron chi connectivity index (χ3n) is 15.2. The van der Waals surface area contributed by atoms with Crippen molar-refractivity contribution in [3.8, 4) is 0 Å². The Morgan fingerprint density at radius 2 is 0.470 bits per heavy atom. The minimum Gasteiger partial charge on any atom is -0.462 e. The van der Waals surface area contributed by atoms with Gasteiger partial charge >= 0.3 is 17.9 Å². The van der Waals surface area contributed by atoms with Crippen LogP contribution in [0.5, 0.6) is 0 Å². The zero-order chi connectivity index (χ0) is 59.9. The lowest BCUT2D eigenvalue weighted by molar-refractivity contribution is -0.167. The molecule has 476 valence electrons. The van der Waals surface area contributed by atoms with Gasteiger partial charge in [0.15, 0.2) is 6.10 Å². The predicted molar refractivity (Wildman–Crippen MR) is 362 cm³/mol. The van der Waals surface area contributed by atoms with Gasteiger partial charge in [-0.2, -0.15) is 0 Å². The normalized spacial score (nSPS) is 12.8. The van der Waals surface area contributed by atoms with Gasteiger partial charge in [0.1, 0.15) is 13.2 Å². The SMILES string of the molecule is CC/C=C\C/C=C\C/C=C\C/C=C\CCCCCCCCCCCCCCCCCCCCCCC(=O)OCC(COC(=O)CCCCC/C=C\C/C=C\C/C=C\CC)OC(=O)CCCCCCCCCCC/C=C\C/C=C\CCCCC. The molecule has 0 fully saturated rings. The third-order valence-corrected chi connectivity index (χ3v) is 15.2. The molecule has 0 aliphatic rings. The zero-order valence-electron chi connectivity index (χ0n) is 54.7. The van der Waals surface area contributed by atoms with Gasteiger partial charge in [0.05, 0.1) is 0 Å². The first-order chi connectivity index (χ1) is 41.0. The summed E-state index contributed by atoms with van der Waals surface area (Å²) in [4.78, 5) is 38.4. The van der Waals surface area contributed by atoms with Crippen LogP contribution in [0.1, 0.15) is 342 Å². The summed E-state index contributed by atoms with van der Waals surface area (Å²) in [5.74, 6) is -0.907. The molecule has 0 N–H and O–H groups in total. The molecule has 0 aliphatic carbocycles. The van der Waals surface area contributed by atoms with Crippen LogP contribution in [-0.2, 0) is 28.6 Å². The molecule has 0 aliphatic heterocycles. The van der Waals surface area contributed by atoms with Crippen molar-refractivity contribution in [1.82, 2.24) is 0 Å². The number of hydrogen-bond acceptors (Lipinski definition) is 6. The van der Waals surface area contributed by atoms with Crippen LogP contribution in [-0.4, -0.2) is 37.2 Å². The number of hydrogen-bond donors (Lipinski definition) is 0. The molecule has 6 nitrogen and oxygen atoms in total. The Balaban J connectivity index is 4.18. The van der Waals surface area contributed by atoms with Crippen LogP contribution in [0.15, 0.2) is 109 Å². The standard InChI is InChI=1S/C77H132O6/c1-4-7-10-13-16-19-22-25-27-29-31-32-33-34-35-36-37-38-39-40-41-42-43-44-46-47-49-52-55-58-61-64-67-70-76(79)82-73-74(72-81-75(78)69-66-63-60-57-54-51-24-21-18-15-12-9-6-3)83-77(80)71-68-65-62-59-56-53-50-48-45-30-28-26-23-20-17-14-11-8-5-2/h7,9-10,12,16-21,25-28,31-32,51,54,74H,4-6,8,11,13-15,22-24,29-30,33-50,52-53,55-73H2,1-3H3/b10-7-,12-9-,19-16-,20-17-,21-18-,27-25-,28-26-,32-31-,54-51-. The maximum absolute atomic E-state index is 12.9. The predicted octanol–water partition coefficient (Wildman–Crippen LogP) is 24.6. The van der Waals surface area contributed by atoms with Crippen LogP contribution >= 0.6 is 0 Å². The summed E-state index contributed by atoms with van der Waals surface area (Å²) in [6.07, 6.45) is 97.0. The second kappa shape index (κ2) is 70.6. The van der Waals surface area contributed by atoms with E-state index in [4.69, 9.17) is 14.2 Å². The topological polar surface area (TPSA) is 78.9 Å². The molecule has 0 aromatic carbocycles. The highest BCUT2D eigenvalue weighted by Crippen LogP contribution is 2.17. The summed E-state index contributed by atoms with van der Waals surface area (Å²) in [6, 6.07) is 0. The van der Waals surface area contributed by atoms with Crippen molar-refractivity contribution in [2.75, 3.05) is 13.2 Å². The number of carbonyl (C=O) groups excluding carboxylic acids is 3. The number of allylic oxidation sites excluding steroid dienone is 18. The fraction of sp³-hybridized carbons (Fsp3) is 0.727. The molecule has 1 atom stereocenters. The Labute approximate surface area is 514 Å². The van der Waals surface area contributed by atoms with Gasteiger partial charge in [-0.15, -0.1) is 0 Å². The van der Waals surface area contributed by atoms with E-state index in [1.54, 1.807) is 0 Å². The van der Waals surface area contributed by atoms with Crippen LogP contribution in [0.2, 0.25) is 0 Å². The molecule has 0 bridgehead atoms. The molecule has 0 rings (SSSR count). The van der Waals surface area contributed by atoms with E-state index in [2.05, 4.69) is 130 Å². The first-order valence-electron chi connectivity index (χ1n) is 35.4. The Morgan fingerprint density at radius 3 is 0.747 bits per heavy atom. The minimum absolute atomic E-state index is 0.0864. The molecule has 0 aromatic rings. The van der Waals surface area contributed by atoms with Gasteiger partial charge in [0.2, 0.25) is 0 Å². The quantitative estimate of drug-likeness (QED) is 0.0261. The van der Waals surface area contributed by atoms with Gasteiger partial charge in [-0.3, -0.25) is 14.4 Å². The smallest absolute Gasteiger partial charge is 0.306 e. The van der Waals surface area contributed by atoms with E-state index in [1.165, 1.54) is 186 Å². The molecule has 0 radical (unpaired) electrons. The van der Waals surface area contributed by atoms with Crippen LogP contribution in [0.4, 0.5) is 0 Å². The van der Waals surface area contributed by atoms with Crippen molar-refractivity contribution in [1.29, 1.82) is 0 Å². The molecule has 0 heterocycles. The minimum atomic E-state index is -0.793. The van der Waals surface area contributed by atoms with E-state index in [1.807, 2.05) is 0 Å². The number of ether oxygens (including phenoxy) is 3. The van der Waals surface area contributed by atoms with E-state index in [0.29, 0.717) is 19.3 Å². The summed E-state index contributed by atoms with van der Waals surface area (Å²) in [5.41, 5.74) is 0. The van der Waals surface area contributed by atoms with Gasteiger partial charge in [-0.05, 0) is 122 Å². The molecule has 0 aromatic heterocycles. The monoisotopic (exact) mass is 1150 g/mol. The van der Waals surface area contributed by atoms with E-state index in [9.17, 15) is 14.4 Å². The summed E-state index contributed by atoms with van der Waals surface area (Å²) in [6.45, 7) is 6.39. The average Bonchev–Trinajstić information content (AvgIpc) is 3.49. The van der Waals surface area contributed by atoms with E-state index >= 15 is 0 Å². The van der Waals surface area contributed by atoms with Gasteiger partial charge in [-0.25, -0.2) is 0 Å². The van der Waals surface area contributed by atoms with Crippen LogP contribution in [0.25, 0.3) is 0 Å². The maximum atomic E-state index is 12.9. The number of carbonyl (C=O) groups is 3. The summed E-state index contributed by atoms with van der Waals surface area (Å²) < 4.78 is 16.9. The largest absolute Gasteiger partial charge is 0.462 e. The summed E-state index contributed by atoms with van der Waals surface area (Å²) in [7, 11) is 0.